The summed E-state index contributed by atoms with van der Waals surface area (Å²) in [5.74, 6) is -0.736. The Kier molecular flexibility index (Phi) is 0.867. The molecule has 0 unspecified atom stereocenters. The van der Waals surface area contributed by atoms with Gasteiger partial charge in [0, 0.05) is 12.6 Å². The lowest BCUT2D eigenvalue weighted by molar-refractivity contribution is 0.465. The SMILES string of the molecule is NC1(N)CCC=N1. The van der Waals surface area contributed by atoms with Gasteiger partial charge in [0.15, 0.2) is 5.79 Å². The van der Waals surface area contributed by atoms with Crippen LogP contribution >= 0.6 is 0 Å². The second-order valence-electron chi connectivity index (χ2n) is 1.84. The first kappa shape index (κ1) is 4.74. The topological polar surface area (TPSA) is 64.4 Å². The van der Waals surface area contributed by atoms with Crippen molar-refractivity contribution in [2.45, 2.75) is 18.6 Å². The van der Waals surface area contributed by atoms with E-state index in [2.05, 4.69) is 4.99 Å². The summed E-state index contributed by atoms with van der Waals surface area (Å²) < 4.78 is 0. The normalized spacial score (nSPS) is 26.0. The van der Waals surface area contributed by atoms with E-state index in [1.54, 1.807) is 6.21 Å². The molecule has 0 amide bonds. The molecule has 0 aromatic heterocycles. The molecule has 1 heterocycles. The number of nitrogens with zero attached hydrogens (tertiary/aromatic N) is 1. The quantitative estimate of drug-likeness (QED) is 0.399. The largest absolute Gasteiger partial charge is 0.295 e. The van der Waals surface area contributed by atoms with Crippen LogP contribution in [0.25, 0.3) is 0 Å². The fraction of sp³-hybridized carbons (Fsp3) is 0.750. The molecule has 0 saturated carbocycles. The monoisotopic (exact) mass is 99.1 g/mol. The maximum absolute atomic E-state index is 5.36. The maximum Gasteiger partial charge on any atom is 0.159 e. The van der Waals surface area contributed by atoms with E-state index in [0.29, 0.717) is 0 Å². The molecule has 1 aliphatic heterocycles. The molecule has 0 bridgehead atoms. The molecule has 0 atom stereocenters. The van der Waals surface area contributed by atoms with Gasteiger partial charge in [0.05, 0.1) is 0 Å². The van der Waals surface area contributed by atoms with Crippen molar-refractivity contribution in [1.29, 1.82) is 0 Å². The molecule has 0 fully saturated rings. The molecule has 1 aliphatic rings. The minimum absolute atomic E-state index is 0.736. The predicted octanol–water partition coefficient (Wildman–Crippen LogP) is -0.578. The highest BCUT2D eigenvalue weighted by Gasteiger charge is 2.18. The van der Waals surface area contributed by atoms with Gasteiger partial charge in [-0.1, -0.05) is 0 Å². The van der Waals surface area contributed by atoms with Gasteiger partial charge in [-0.2, -0.15) is 0 Å². The van der Waals surface area contributed by atoms with Gasteiger partial charge in [0.25, 0.3) is 0 Å². The molecule has 4 N–H and O–H groups in total. The van der Waals surface area contributed by atoms with Crippen LogP contribution in [-0.4, -0.2) is 12.0 Å². The Balaban J connectivity index is 2.57. The van der Waals surface area contributed by atoms with Crippen molar-refractivity contribution >= 4 is 6.21 Å². The van der Waals surface area contributed by atoms with Crippen molar-refractivity contribution in [1.82, 2.24) is 0 Å². The summed E-state index contributed by atoms with van der Waals surface area (Å²) in [6.45, 7) is 0. The minimum Gasteiger partial charge on any atom is -0.295 e. The number of hydrogen-bond donors (Lipinski definition) is 2. The van der Waals surface area contributed by atoms with Crippen molar-refractivity contribution in [2.75, 3.05) is 0 Å². The number of aliphatic imine (C=N–C) groups is 1. The second kappa shape index (κ2) is 1.28. The van der Waals surface area contributed by atoms with Crippen molar-refractivity contribution in [3.8, 4) is 0 Å². The molecule has 0 saturated heterocycles. The average Bonchev–Trinajstić information content (AvgIpc) is 1.84. The highest BCUT2D eigenvalue weighted by molar-refractivity contribution is 5.60. The van der Waals surface area contributed by atoms with E-state index in [4.69, 9.17) is 11.5 Å². The lowest BCUT2D eigenvalue weighted by Crippen LogP contribution is -2.44. The van der Waals surface area contributed by atoms with Crippen LogP contribution < -0.4 is 11.5 Å². The Morgan fingerprint density at radius 2 is 2.29 bits per heavy atom. The van der Waals surface area contributed by atoms with Gasteiger partial charge in [-0.15, -0.1) is 0 Å². The zero-order valence-corrected chi connectivity index (χ0v) is 4.09. The van der Waals surface area contributed by atoms with Crippen LogP contribution in [0.15, 0.2) is 4.99 Å². The van der Waals surface area contributed by atoms with Crippen LogP contribution in [0.2, 0.25) is 0 Å². The van der Waals surface area contributed by atoms with Crippen LogP contribution in [-0.2, 0) is 0 Å². The third-order valence-electron chi connectivity index (χ3n) is 1.01. The van der Waals surface area contributed by atoms with Crippen molar-refractivity contribution in [2.24, 2.45) is 16.5 Å². The summed E-state index contributed by atoms with van der Waals surface area (Å²) in [6.07, 6.45) is 3.47. The third kappa shape index (κ3) is 0.976. The first-order valence-electron chi connectivity index (χ1n) is 2.32. The molecular weight excluding hydrogens is 90.1 g/mol. The predicted molar refractivity (Wildman–Crippen MR) is 28.8 cm³/mol. The molecule has 0 aromatic carbocycles. The Morgan fingerprint density at radius 3 is 2.43 bits per heavy atom. The van der Waals surface area contributed by atoms with Crippen LogP contribution in [0, 0.1) is 0 Å². The first-order chi connectivity index (χ1) is 3.21. The average molecular weight is 99.1 g/mol. The molecule has 0 spiro atoms. The standard InChI is InChI=1S/C4H9N3/c5-4(6)2-1-3-7-4/h3H,1-2,5-6H2. The van der Waals surface area contributed by atoms with Crippen LogP contribution in [0.1, 0.15) is 12.8 Å². The molecule has 0 radical (unpaired) electrons. The number of nitrogens with two attached hydrogens (primary N) is 2. The minimum atomic E-state index is -0.736. The van der Waals surface area contributed by atoms with E-state index in [9.17, 15) is 0 Å². The molecule has 40 valence electrons. The van der Waals surface area contributed by atoms with Gasteiger partial charge in [-0.25, -0.2) is 0 Å². The summed E-state index contributed by atoms with van der Waals surface area (Å²) >= 11 is 0. The first-order valence-corrected chi connectivity index (χ1v) is 2.32. The molecule has 3 heteroatoms. The van der Waals surface area contributed by atoms with Gasteiger partial charge >= 0.3 is 0 Å². The molecular formula is C4H9N3. The zero-order chi connectivity index (χ0) is 5.33. The molecule has 7 heavy (non-hydrogen) atoms. The highest BCUT2D eigenvalue weighted by Crippen LogP contribution is 2.08. The number of hydrogen-bond acceptors (Lipinski definition) is 3. The van der Waals surface area contributed by atoms with E-state index < -0.39 is 5.79 Å². The Hall–Kier alpha value is -0.410. The Morgan fingerprint density at radius 1 is 1.57 bits per heavy atom. The Labute approximate surface area is 42.4 Å². The molecule has 3 nitrogen and oxygen atoms in total. The van der Waals surface area contributed by atoms with E-state index in [1.807, 2.05) is 0 Å². The third-order valence-corrected chi connectivity index (χ3v) is 1.01. The van der Waals surface area contributed by atoms with E-state index >= 15 is 0 Å². The second-order valence-corrected chi connectivity index (χ2v) is 1.84. The summed E-state index contributed by atoms with van der Waals surface area (Å²) in [5.41, 5.74) is 10.7. The van der Waals surface area contributed by atoms with E-state index in [-0.39, 0.29) is 0 Å². The van der Waals surface area contributed by atoms with Gasteiger partial charge in [-0.3, -0.25) is 16.5 Å². The summed E-state index contributed by atoms with van der Waals surface area (Å²) in [4.78, 5) is 3.80. The van der Waals surface area contributed by atoms with E-state index in [0.717, 1.165) is 12.8 Å². The van der Waals surface area contributed by atoms with Crippen LogP contribution in [0.3, 0.4) is 0 Å². The van der Waals surface area contributed by atoms with Gasteiger partial charge in [0.2, 0.25) is 0 Å². The van der Waals surface area contributed by atoms with Crippen molar-refractivity contribution in [3.63, 3.8) is 0 Å². The van der Waals surface area contributed by atoms with Crippen LogP contribution in [0.4, 0.5) is 0 Å². The van der Waals surface area contributed by atoms with Gasteiger partial charge in [0.1, 0.15) is 0 Å². The smallest absolute Gasteiger partial charge is 0.159 e. The Bertz CT molecular complexity index is 95.1. The lowest BCUT2D eigenvalue weighted by Gasteiger charge is -2.10. The fourth-order valence-electron chi connectivity index (χ4n) is 0.595. The van der Waals surface area contributed by atoms with Gasteiger partial charge in [-0.05, 0) is 6.42 Å². The summed E-state index contributed by atoms with van der Waals surface area (Å²) in [7, 11) is 0. The molecule has 0 aromatic rings. The van der Waals surface area contributed by atoms with Crippen molar-refractivity contribution in [3.05, 3.63) is 0 Å². The van der Waals surface area contributed by atoms with Crippen LogP contribution in [0.5, 0.6) is 0 Å². The maximum atomic E-state index is 5.36. The zero-order valence-electron chi connectivity index (χ0n) is 4.09. The fourth-order valence-corrected chi connectivity index (χ4v) is 0.595. The summed E-state index contributed by atoms with van der Waals surface area (Å²) in [6, 6.07) is 0. The number of rotatable bonds is 0. The van der Waals surface area contributed by atoms with Gasteiger partial charge < -0.3 is 0 Å². The summed E-state index contributed by atoms with van der Waals surface area (Å²) in [5, 5.41) is 0. The van der Waals surface area contributed by atoms with E-state index in [1.165, 1.54) is 0 Å². The molecule has 0 aliphatic carbocycles. The highest BCUT2D eigenvalue weighted by atomic mass is 15.2. The lowest BCUT2D eigenvalue weighted by atomic mass is 10.3. The molecule has 1 rings (SSSR count). The van der Waals surface area contributed by atoms with Crippen molar-refractivity contribution < 1.29 is 0 Å².